The van der Waals surface area contributed by atoms with Gasteiger partial charge in [0.25, 0.3) is 0 Å². The molecule has 0 aliphatic heterocycles. The number of rotatable bonds is 8. The molecule has 0 radical (unpaired) electrons. The van der Waals surface area contributed by atoms with Gasteiger partial charge < -0.3 is 15.6 Å². The summed E-state index contributed by atoms with van der Waals surface area (Å²) in [5, 5.41) is 10.1. The van der Waals surface area contributed by atoms with Crippen LogP contribution in [0.1, 0.15) is 43.4 Å². The number of aromatic amines is 1. The van der Waals surface area contributed by atoms with Crippen molar-refractivity contribution in [1.82, 2.24) is 30.4 Å². The molecule has 1 aliphatic carbocycles. The van der Waals surface area contributed by atoms with Gasteiger partial charge >= 0.3 is 0 Å². The maximum Gasteiger partial charge on any atom is 0.243 e. The minimum Gasteiger partial charge on any atom is -0.352 e. The third-order valence-corrected chi connectivity index (χ3v) is 4.99. The lowest BCUT2D eigenvalue weighted by molar-refractivity contribution is -0.131. The highest BCUT2D eigenvalue weighted by molar-refractivity contribution is 5.88. The molecule has 0 aromatic carbocycles. The minimum absolute atomic E-state index is 0.0165. The summed E-state index contributed by atoms with van der Waals surface area (Å²) in [6.07, 6.45) is 12.5. The molecule has 27 heavy (non-hydrogen) atoms. The largest absolute Gasteiger partial charge is 0.352 e. The van der Waals surface area contributed by atoms with Gasteiger partial charge in [-0.15, -0.1) is 0 Å². The number of imidazole rings is 1. The Balaban J connectivity index is 1.56. The van der Waals surface area contributed by atoms with Crippen LogP contribution in [0.15, 0.2) is 24.9 Å². The summed E-state index contributed by atoms with van der Waals surface area (Å²) in [7, 11) is 0. The maximum atomic E-state index is 12.7. The Kier molecular flexibility index (Phi) is 6.62. The Bertz CT molecular complexity index is 733. The number of aryl methyl sites for hydroxylation is 1. The third-order valence-electron chi connectivity index (χ3n) is 4.99. The Morgan fingerprint density at radius 3 is 2.78 bits per heavy atom. The molecule has 1 fully saturated rings. The molecule has 8 nitrogen and oxygen atoms in total. The van der Waals surface area contributed by atoms with Gasteiger partial charge in [0, 0.05) is 37.0 Å². The van der Waals surface area contributed by atoms with Crippen molar-refractivity contribution in [2.24, 2.45) is 5.92 Å². The normalized spacial score (nSPS) is 16.0. The number of aromatic nitrogens is 4. The summed E-state index contributed by atoms with van der Waals surface area (Å²) in [5.41, 5.74) is 1.90. The fourth-order valence-corrected chi connectivity index (χ4v) is 3.49. The average Bonchev–Trinajstić information content (AvgIpc) is 3.33. The van der Waals surface area contributed by atoms with Gasteiger partial charge in [-0.25, -0.2) is 4.98 Å². The van der Waals surface area contributed by atoms with Gasteiger partial charge in [-0.05, 0) is 25.3 Å². The second-order valence-electron chi connectivity index (χ2n) is 7.25. The summed E-state index contributed by atoms with van der Waals surface area (Å²) in [6.45, 7) is 3.02. The molecule has 146 valence electrons. The minimum atomic E-state index is -0.612. The van der Waals surface area contributed by atoms with E-state index in [4.69, 9.17) is 0 Å². The summed E-state index contributed by atoms with van der Waals surface area (Å²) >= 11 is 0. The molecule has 2 heterocycles. The molecule has 1 aliphatic rings. The van der Waals surface area contributed by atoms with E-state index < -0.39 is 6.04 Å². The number of carbonyl (C=O) groups is 2. The van der Waals surface area contributed by atoms with Crippen LogP contribution in [-0.2, 0) is 22.6 Å². The zero-order valence-electron chi connectivity index (χ0n) is 15.8. The van der Waals surface area contributed by atoms with E-state index in [2.05, 4.69) is 25.7 Å². The molecular formula is C19H28N6O2. The van der Waals surface area contributed by atoms with Gasteiger partial charge in [0.1, 0.15) is 6.04 Å². The molecule has 2 amide bonds. The number of carbonyl (C=O) groups excluding carboxylic acids is 2. The first-order valence-electron chi connectivity index (χ1n) is 9.66. The smallest absolute Gasteiger partial charge is 0.243 e. The van der Waals surface area contributed by atoms with Crippen LogP contribution < -0.4 is 10.6 Å². The molecule has 1 atom stereocenters. The average molecular weight is 372 g/mol. The SMILES string of the molecule is Cc1cnn(CCNC(=O)[C@@H](Cc2cnc[nH]2)NC(=O)C2CCCCC2)c1. The predicted octanol–water partition coefficient (Wildman–Crippen LogP) is 1.34. The van der Waals surface area contributed by atoms with Crippen molar-refractivity contribution in [2.45, 2.75) is 58.0 Å². The maximum absolute atomic E-state index is 12.7. The Labute approximate surface area is 159 Å². The van der Waals surface area contributed by atoms with Crippen LogP contribution in [0.4, 0.5) is 0 Å². The van der Waals surface area contributed by atoms with Gasteiger partial charge in [-0.3, -0.25) is 14.3 Å². The molecule has 3 N–H and O–H groups in total. The number of amides is 2. The van der Waals surface area contributed by atoms with E-state index in [1.807, 2.05) is 13.1 Å². The van der Waals surface area contributed by atoms with Crippen LogP contribution in [0.3, 0.4) is 0 Å². The third kappa shape index (κ3) is 5.67. The fourth-order valence-electron chi connectivity index (χ4n) is 3.49. The lowest BCUT2D eigenvalue weighted by Crippen LogP contribution is -2.50. The number of nitrogens with zero attached hydrogens (tertiary/aromatic N) is 3. The van der Waals surface area contributed by atoms with Crippen molar-refractivity contribution in [2.75, 3.05) is 6.54 Å². The molecule has 2 aromatic rings. The van der Waals surface area contributed by atoms with E-state index in [1.165, 1.54) is 6.42 Å². The summed E-state index contributed by atoms with van der Waals surface area (Å²) in [5.74, 6) is -0.183. The van der Waals surface area contributed by atoms with Crippen LogP contribution in [0.25, 0.3) is 0 Å². The number of hydrogen-bond acceptors (Lipinski definition) is 4. The zero-order chi connectivity index (χ0) is 19.1. The highest BCUT2D eigenvalue weighted by Gasteiger charge is 2.27. The van der Waals surface area contributed by atoms with Gasteiger partial charge in [0.05, 0.1) is 19.1 Å². The molecule has 0 saturated heterocycles. The quantitative estimate of drug-likeness (QED) is 0.650. The number of hydrogen-bond donors (Lipinski definition) is 3. The summed E-state index contributed by atoms with van der Waals surface area (Å²) in [4.78, 5) is 32.3. The highest BCUT2D eigenvalue weighted by atomic mass is 16.2. The molecule has 8 heteroatoms. The second kappa shape index (κ2) is 9.34. The number of H-pyrrole nitrogens is 1. The van der Waals surface area contributed by atoms with Crippen LogP contribution in [0.2, 0.25) is 0 Å². The lowest BCUT2D eigenvalue weighted by Gasteiger charge is -2.24. The van der Waals surface area contributed by atoms with Crippen molar-refractivity contribution in [3.8, 4) is 0 Å². The number of nitrogens with one attached hydrogen (secondary N) is 3. The molecule has 1 saturated carbocycles. The first-order chi connectivity index (χ1) is 13.1. The Morgan fingerprint density at radius 1 is 1.30 bits per heavy atom. The van der Waals surface area contributed by atoms with Crippen LogP contribution in [0, 0.1) is 12.8 Å². The van der Waals surface area contributed by atoms with E-state index in [-0.39, 0.29) is 17.7 Å². The molecule has 0 bridgehead atoms. The summed E-state index contributed by atoms with van der Waals surface area (Å²) < 4.78 is 1.79. The van der Waals surface area contributed by atoms with Crippen molar-refractivity contribution in [1.29, 1.82) is 0 Å². The van der Waals surface area contributed by atoms with E-state index in [1.54, 1.807) is 23.4 Å². The van der Waals surface area contributed by atoms with E-state index in [9.17, 15) is 9.59 Å². The second-order valence-corrected chi connectivity index (χ2v) is 7.25. The van der Waals surface area contributed by atoms with Crippen molar-refractivity contribution in [3.63, 3.8) is 0 Å². The van der Waals surface area contributed by atoms with Crippen LogP contribution in [0.5, 0.6) is 0 Å². The van der Waals surface area contributed by atoms with Crippen molar-refractivity contribution >= 4 is 11.8 Å². The van der Waals surface area contributed by atoms with Gasteiger partial charge in [-0.1, -0.05) is 19.3 Å². The molecular weight excluding hydrogens is 344 g/mol. The summed E-state index contributed by atoms with van der Waals surface area (Å²) in [6, 6.07) is -0.612. The van der Waals surface area contributed by atoms with Gasteiger partial charge in [0.15, 0.2) is 0 Å². The van der Waals surface area contributed by atoms with E-state index in [0.717, 1.165) is 36.9 Å². The van der Waals surface area contributed by atoms with Crippen LogP contribution in [-0.4, -0.2) is 44.1 Å². The van der Waals surface area contributed by atoms with Gasteiger partial charge in [-0.2, -0.15) is 5.10 Å². The van der Waals surface area contributed by atoms with E-state index in [0.29, 0.717) is 19.5 Å². The standard InChI is InChI=1S/C19H28N6O2/c1-14-10-23-25(12-14)8-7-21-19(27)17(9-16-11-20-13-22-16)24-18(26)15-5-3-2-4-6-15/h10-13,15,17H,2-9H2,1H3,(H,20,22)(H,21,27)(H,24,26)/t17-/m1/s1. The van der Waals surface area contributed by atoms with Crippen molar-refractivity contribution < 1.29 is 9.59 Å². The Hall–Kier alpha value is -2.64. The monoisotopic (exact) mass is 372 g/mol. The predicted molar refractivity (Wildman–Crippen MR) is 101 cm³/mol. The lowest BCUT2D eigenvalue weighted by atomic mass is 9.88. The Morgan fingerprint density at radius 2 is 2.11 bits per heavy atom. The molecule has 2 aromatic heterocycles. The first kappa shape index (κ1) is 19.1. The van der Waals surface area contributed by atoms with Crippen molar-refractivity contribution in [3.05, 3.63) is 36.2 Å². The molecule has 0 spiro atoms. The first-order valence-corrected chi connectivity index (χ1v) is 9.66. The zero-order valence-corrected chi connectivity index (χ0v) is 15.8. The van der Waals surface area contributed by atoms with Gasteiger partial charge in [0.2, 0.25) is 11.8 Å². The topological polar surface area (TPSA) is 105 Å². The molecule has 0 unspecified atom stereocenters. The molecule has 3 rings (SSSR count). The highest BCUT2D eigenvalue weighted by Crippen LogP contribution is 2.23. The van der Waals surface area contributed by atoms with Crippen LogP contribution >= 0.6 is 0 Å². The van der Waals surface area contributed by atoms with E-state index >= 15 is 0 Å². The fraction of sp³-hybridized carbons (Fsp3) is 0.579.